The van der Waals surface area contributed by atoms with Crippen molar-refractivity contribution in [1.82, 2.24) is 0 Å². The largest absolute Gasteiger partial charge is 0.201 e. The molecule has 0 aromatic heterocycles. The van der Waals surface area contributed by atoms with E-state index in [2.05, 4.69) is 48.5 Å². The van der Waals surface area contributed by atoms with Crippen LogP contribution in [0.5, 0.6) is 0 Å². The second-order valence-corrected chi connectivity index (χ2v) is 11.9. The Labute approximate surface area is 144 Å². The Balaban J connectivity index is 1.81. The van der Waals surface area contributed by atoms with Crippen molar-refractivity contribution >= 4 is 59.1 Å². The Bertz CT molecular complexity index is 651. The summed E-state index contributed by atoms with van der Waals surface area (Å²) in [5, 5.41) is 4.98. The first-order valence-electron chi connectivity index (χ1n) is 7.23. The Morgan fingerprint density at radius 1 is 0.409 bits per heavy atom. The molecule has 4 heteroatoms. The molecule has 0 bridgehead atoms. The highest BCUT2D eigenvalue weighted by atomic mass is 35.6. The Kier molecular flexibility index (Phi) is 5.16. The molecular weight excluding hydrogens is 343 g/mol. The first kappa shape index (κ1) is 15.6. The Morgan fingerprint density at radius 3 is 1.00 bits per heavy atom. The Morgan fingerprint density at radius 2 is 0.682 bits per heavy atom. The van der Waals surface area contributed by atoms with E-state index in [0.717, 1.165) is 0 Å². The maximum absolute atomic E-state index is 6.70. The van der Waals surface area contributed by atoms with E-state index < -0.39 is 16.2 Å². The van der Waals surface area contributed by atoms with Crippen LogP contribution in [0.3, 0.4) is 0 Å². The third kappa shape index (κ3) is 3.53. The molecule has 110 valence electrons. The van der Waals surface area contributed by atoms with Crippen molar-refractivity contribution in [2.45, 2.75) is 0 Å². The van der Waals surface area contributed by atoms with Gasteiger partial charge in [-0.05, 0) is 20.7 Å². The molecule has 2 atom stereocenters. The van der Waals surface area contributed by atoms with Crippen molar-refractivity contribution in [3.05, 3.63) is 84.9 Å². The van der Waals surface area contributed by atoms with Crippen LogP contribution in [0.15, 0.2) is 84.9 Å². The van der Waals surface area contributed by atoms with Crippen molar-refractivity contribution in [3.8, 4) is 0 Å². The smallest absolute Gasteiger partial charge is 0.159 e. The van der Waals surface area contributed by atoms with Gasteiger partial charge >= 0.3 is 0 Å². The quantitative estimate of drug-likeness (QED) is 0.493. The molecule has 3 aromatic carbocycles. The van der Waals surface area contributed by atoms with Gasteiger partial charge in [-0.25, -0.2) is 0 Å². The van der Waals surface area contributed by atoms with Crippen molar-refractivity contribution in [3.63, 3.8) is 0 Å². The zero-order chi connectivity index (χ0) is 15.4. The molecule has 0 amide bonds. The van der Waals surface area contributed by atoms with Gasteiger partial charge in [-0.2, -0.15) is 22.2 Å². The molecule has 0 nitrogen and oxygen atoms in total. The normalized spacial score (nSPS) is 13.5. The van der Waals surface area contributed by atoms with Crippen LogP contribution >= 0.6 is 22.2 Å². The molecule has 0 aliphatic heterocycles. The molecule has 2 unspecified atom stereocenters. The molecule has 0 fully saturated rings. The van der Waals surface area contributed by atoms with Gasteiger partial charge in [-0.1, -0.05) is 84.9 Å². The summed E-state index contributed by atoms with van der Waals surface area (Å²) in [5.41, 5.74) is 0. The minimum atomic E-state index is -1.60. The third-order valence-electron chi connectivity index (χ3n) is 3.71. The fourth-order valence-corrected chi connectivity index (χ4v) is 7.16. The van der Waals surface area contributed by atoms with Gasteiger partial charge < -0.3 is 0 Å². The van der Waals surface area contributed by atoms with E-state index in [4.69, 9.17) is 22.2 Å². The molecule has 0 saturated heterocycles. The van der Waals surface area contributed by atoms with Gasteiger partial charge in [0, 0.05) is 0 Å². The van der Waals surface area contributed by atoms with Crippen LogP contribution in [-0.4, -0.2) is 16.2 Å². The van der Waals surface area contributed by atoms with Crippen LogP contribution in [0.4, 0.5) is 0 Å². The molecular formula is C18H16Cl2Si2. The first-order chi connectivity index (χ1) is 10.8. The lowest BCUT2D eigenvalue weighted by atomic mass is 10.3. The highest BCUT2D eigenvalue weighted by molar-refractivity contribution is 7.22. The van der Waals surface area contributed by atoms with Crippen molar-refractivity contribution in [1.29, 1.82) is 0 Å². The van der Waals surface area contributed by atoms with E-state index in [1.54, 1.807) is 0 Å². The predicted octanol–water partition coefficient (Wildman–Crippen LogP) is 1.84. The van der Waals surface area contributed by atoms with E-state index in [-0.39, 0.29) is 0 Å². The fourth-order valence-electron chi connectivity index (χ4n) is 2.46. The summed E-state index contributed by atoms with van der Waals surface area (Å²) >= 11 is 13.4. The molecule has 0 aliphatic carbocycles. The van der Waals surface area contributed by atoms with E-state index in [9.17, 15) is 0 Å². The minimum absolute atomic E-state index is 1.24. The summed E-state index contributed by atoms with van der Waals surface area (Å²) in [4.78, 5) is 0. The monoisotopic (exact) mass is 358 g/mol. The van der Waals surface area contributed by atoms with Gasteiger partial charge in [0.1, 0.15) is 0 Å². The topological polar surface area (TPSA) is 0 Å². The molecule has 22 heavy (non-hydrogen) atoms. The maximum atomic E-state index is 6.70. The standard InChI is InChI=1S/C18H16Cl2Si2/c19-21(15-7-3-1-4-8-15)17-11-13-18(14-12-17)22(20)16-9-5-2-6-10-16/h1-14,21-22H. The molecule has 0 radical (unpaired) electrons. The van der Waals surface area contributed by atoms with Crippen LogP contribution < -0.4 is 20.7 Å². The van der Waals surface area contributed by atoms with Crippen LogP contribution in [-0.2, 0) is 0 Å². The Hall–Kier alpha value is -1.33. The lowest BCUT2D eigenvalue weighted by molar-refractivity contribution is 1.75. The maximum Gasteiger partial charge on any atom is 0.201 e. The molecule has 0 aliphatic rings. The summed E-state index contributed by atoms with van der Waals surface area (Å²) in [6.45, 7) is 0. The van der Waals surface area contributed by atoms with E-state index in [1.165, 1.54) is 20.7 Å². The molecule has 0 heterocycles. The first-order valence-corrected chi connectivity index (χ1v) is 13.0. The average Bonchev–Trinajstić information content (AvgIpc) is 2.62. The van der Waals surface area contributed by atoms with E-state index >= 15 is 0 Å². The third-order valence-corrected chi connectivity index (χ3v) is 10.6. The summed E-state index contributed by atoms with van der Waals surface area (Å²) in [7, 11) is -3.20. The van der Waals surface area contributed by atoms with Gasteiger partial charge in [0.05, 0.1) is 0 Å². The van der Waals surface area contributed by atoms with Gasteiger partial charge in [0.15, 0.2) is 0 Å². The number of benzene rings is 3. The zero-order valence-corrected chi connectivity index (χ0v) is 15.8. The van der Waals surface area contributed by atoms with Crippen LogP contribution in [0, 0.1) is 0 Å². The van der Waals surface area contributed by atoms with Gasteiger partial charge in [0.25, 0.3) is 0 Å². The lowest BCUT2D eigenvalue weighted by Gasteiger charge is -2.12. The lowest BCUT2D eigenvalue weighted by Crippen LogP contribution is -2.40. The summed E-state index contributed by atoms with van der Waals surface area (Å²) in [5.74, 6) is 0. The summed E-state index contributed by atoms with van der Waals surface area (Å²) in [6, 6.07) is 29.3. The fraction of sp³-hybridized carbons (Fsp3) is 0. The van der Waals surface area contributed by atoms with Crippen LogP contribution in [0.2, 0.25) is 0 Å². The number of hydrogen-bond donors (Lipinski definition) is 0. The molecule has 0 spiro atoms. The highest BCUT2D eigenvalue weighted by Gasteiger charge is 2.16. The average molecular weight is 359 g/mol. The molecule has 0 saturated carbocycles. The van der Waals surface area contributed by atoms with Gasteiger partial charge in [-0.15, -0.1) is 0 Å². The molecule has 0 N–H and O–H groups in total. The van der Waals surface area contributed by atoms with Crippen LogP contribution in [0.1, 0.15) is 0 Å². The van der Waals surface area contributed by atoms with Gasteiger partial charge in [0.2, 0.25) is 16.2 Å². The summed E-state index contributed by atoms with van der Waals surface area (Å²) < 4.78 is 0. The zero-order valence-electron chi connectivity index (χ0n) is 12.0. The van der Waals surface area contributed by atoms with Crippen molar-refractivity contribution < 1.29 is 0 Å². The minimum Gasteiger partial charge on any atom is -0.159 e. The van der Waals surface area contributed by atoms with Crippen LogP contribution in [0.25, 0.3) is 0 Å². The second kappa shape index (κ2) is 7.29. The molecule has 3 aromatic rings. The number of halogens is 2. The number of hydrogen-bond acceptors (Lipinski definition) is 0. The van der Waals surface area contributed by atoms with E-state index in [0.29, 0.717) is 0 Å². The predicted molar refractivity (Wildman–Crippen MR) is 104 cm³/mol. The highest BCUT2D eigenvalue weighted by Crippen LogP contribution is 1.99. The second-order valence-electron chi connectivity index (χ2n) is 5.21. The van der Waals surface area contributed by atoms with E-state index in [1.807, 2.05) is 36.4 Å². The van der Waals surface area contributed by atoms with Crippen molar-refractivity contribution in [2.75, 3.05) is 0 Å². The number of rotatable bonds is 4. The van der Waals surface area contributed by atoms with Gasteiger partial charge in [-0.3, -0.25) is 0 Å². The van der Waals surface area contributed by atoms with Crippen molar-refractivity contribution in [2.24, 2.45) is 0 Å². The summed E-state index contributed by atoms with van der Waals surface area (Å²) in [6.07, 6.45) is 0. The molecule has 3 rings (SSSR count). The SMILES string of the molecule is Cl[SiH](c1ccccc1)c1ccc([SiH](Cl)c2ccccc2)cc1.